The maximum atomic E-state index is 11.1. The second-order valence-corrected chi connectivity index (χ2v) is 4.41. The van der Waals surface area contributed by atoms with Gasteiger partial charge in [0, 0.05) is 5.56 Å². The lowest BCUT2D eigenvalue weighted by Crippen LogP contribution is -1.98. The van der Waals surface area contributed by atoms with Gasteiger partial charge in [-0.15, -0.1) is 0 Å². The highest BCUT2D eigenvalue weighted by atomic mass is 32.1. The minimum Gasteiger partial charge on any atom is -0.490 e. The van der Waals surface area contributed by atoms with Gasteiger partial charge >= 0.3 is 4.87 Å². The third kappa shape index (κ3) is 2.70. The van der Waals surface area contributed by atoms with Gasteiger partial charge in [0.2, 0.25) is 0 Å². The van der Waals surface area contributed by atoms with Crippen molar-refractivity contribution in [1.29, 1.82) is 0 Å². The van der Waals surface area contributed by atoms with E-state index < -0.39 is 0 Å². The molecule has 0 aliphatic heterocycles. The Morgan fingerprint density at radius 3 is 2.56 bits per heavy atom. The van der Waals surface area contributed by atoms with E-state index in [4.69, 9.17) is 9.47 Å². The van der Waals surface area contributed by atoms with Crippen LogP contribution < -0.4 is 14.3 Å². The SMILES string of the molecule is CCOc1ccc(-c2n[nH]c(=O)s2)cc1OCC. The highest BCUT2D eigenvalue weighted by Gasteiger charge is 2.09. The van der Waals surface area contributed by atoms with Crippen LogP contribution in [0.2, 0.25) is 0 Å². The molecule has 18 heavy (non-hydrogen) atoms. The predicted octanol–water partition coefficient (Wildman–Crippen LogP) is 2.30. The number of aromatic amines is 1. The van der Waals surface area contributed by atoms with Crippen LogP contribution in [0.4, 0.5) is 0 Å². The van der Waals surface area contributed by atoms with E-state index in [-0.39, 0.29) is 4.87 Å². The van der Waals surface area contributed by atoms with Gasteiger partial charge in [0.25, 0.3) is 0 Å². The molecule has 0 saturated heterocycles. The lowest BCUT2D eigenvalue weighted by atomic mass is 10.2. The minimum absolute atomic E-state index is 0.170. The van der Waals surface area contributed by atoms with Gasteiger partial charge in [-0.3, -0.25) is 4.79 Å². The van der Waals surface area contributed by atoms with Crippen LogP contribution in [0, 0.1) is 0 Å². The molecule has 1 aromatic heterocycles. The number of rotatable bonds is 5. The minimum atomic E-state index is -0.170. The molecule has 96 valence electrons. The Hall–Kier alpha value is -1.82. The van der Waals surface area contributed by atoms with Gasteiger partial charge < -0.3 is 9.47 Å². The van der Waals surface area contributed by atoms with Crippen LogP contribution in [0.3, 0.4) is 0 Å². The molecule has 6 heteroatoms. The van der Waals surface area contributed by atoms with Crippen LogP contribution in [0.1, 0.15) is 13.8 Å². The first-order valence-electron chi connectivity index (χ1n) is 5.70. The van der Waals surface area contributed by atoms with E-state index in [2.05, 4.69) is 10.2 Å². The molecule has 0 radical (unpaired) electrons. The highest BCUT2D eigenvalue weighted by molar-refractivity contribution is 7.12. The second kappa shape index (κ2) is 5.68. The summed E-state index contributed by atoms with van der Waals surface area (Å²) >= 11 is 1.07. The van der Waals surface area contributed by atoms with E-state index >= 15 is 0 Å². The average Bonchev–Trinajstić information content (AvgIpc) is 2.79. The van der Waals surface area contributed by atoms with E-state index in [1.54, 1.807) is 0 Å². The number of hydrogen-bond acceptors (Lipinski definition) is 5. The largest absolute Gasteiger partial charge is 0.490 e. The molecule has 2 aromatic rings. The Morgan fingerprint density at radius 1 is 1.22 bits per heavy atom. The first kappa shape index (κ1) is 12.6. The molecule has 1 aromatic carbocycles. The second-order valence-electron chi connectivity index (χ2n) is 3.45. The zero-order valence-electron chi connectivity index (χ0n) is 10.2. The standard InChI is InChI=1S/C12H14N2O3S/c1-3-16-9-6-5-8(7-10(9)17-4-2)11-13-14-12(15)18-11/h5-7H,3-4H2,1-2H3,(H,14,15). The molecular formula is C12H14N2O3S. The van der Waals surface area contributed by atoms with Gasteiger partial charge in [-0.2, -0.15) is 5.10 Å². The summed E-state index contributed by atoms with van der Waals surface area (Å²) < 4.78 is 11.0. The summed E-state index contributed by atoms with van der Waals surface area (Å²) in [5, 5.41) is 6.99. The van der Waals surface area contributed by atoms with Gasteiger partial charge in [0.1, 0.15) is 5.01 Å². The van der Waals surface area contributed by atoms with Crippen LogP contribution in [0.25, 0.3) is 10.6 Å². The number of nitrogens with one attached hydrogen (secondary N) is 1. The predicted molar refractivity (Wildman–Crippen MR) is 70.5 cm³/mol. The van der Waals surface area contributed by atoms with Crippen molar-refractivity contribution in [2.75, 3.05) is 13.2 Å². The number of nitrogens with zero attached hydrogens (tertiary/aromatic N) is 1. The van der Waals surface area contributed by atoms with Crippen LogP contribution in [-0.4, -0.2) is 23.4 Å². The van der Waals surface area contributed by atoms with Gasteiger partial charge in [0.15, 0.2) is 11.5 Å². The van der Waals surface area contributed by atoms with Gasteiger partial charge in [-0.25, -0.2) is 5.10 Å². The fourth-order valence-corrected chi connectivity index (χ4v) is 2.14. The quantitative estimate of drug-likeness (QED) is 0.901. The van der Waals surface area contributed by atoms with Gasteiger partial charge in [-0.05, 0) is 32.0 Å². The van der Waals surface area contributed by atoms with E-state index in [9.17, 15) is 4.79 Å². The maximum Gasteiger partial charge on any atom is 0.322 e. The van der Waals surface area contributed by atoms with Crippen LogP contribution in [-0.2, 0) is 0 Å². The topological polar surface area (TPSA) is 64.2 Å². The molecule has 0 bridgehead atoms. The number of benzene rings is 1. The first-order valence-corrected chi connectivity index (χ1v) is 6.51. The Labute approximate surface area is 108 Å². The fourth-order valence-electron chi connectivity index (χ4n) is 1.54. The molecule has 1 heterocycles. The Balaban J connectivity index is 2.38. The van der Waals surface area contributed by atoms with Crippen molar-refractivity contribution < 1.29 is 9.47 Å². The third-order valence-corrected chi connectivity index (χ3v) is 3.03. The summed E-state index contributed by atoms with van der Waals surface area (Å²) in [5.74, 6) is 1.37. The Bertz CT molecular complexity index is 577. The lowest BCUT2D eigenvalue weighted by Gasteiger charge is -2.11. The number of aromatic nitrogens is 2. The van der Waals surface area contributed by atoms with E-state index in [0.717, 1.165) is 16.9 Å². The summed E-state index contributed by atoms with van der Waals surface area (Å²) in [7, 11) is 0. The van der Waals surface area contributed by atoms with Crippen molar-refractivity contribution in [3.05, 3.63) is 27.9 Å². The molecule has 0 saturated carbocycles. The van der Waals surface area contributed by atoms with Crippen molar-refractivity contribution in [1.82, 2.24) is 10.2 Å². The highest BCUT2D eigenvalue weighted by Crippen LogP contribution is 2.32. The zero-order valence-corrected chi connectivity index (χ0v) is 11.0. The molecule has 0 aliphatic rings. The first-order chi connectivity index (χ1) is 8.74. The fraction of sp³-hybridized carbons (Fsp3) is 0.333. The summed E-state index contributed by atoms with van der Waals surface area (Å²) in [4.78, 5) is 10.9. The van der Waals surface area contributed by atoms with Crippen molar-refractivity contribution in [2.24, 2.45) is 0 Å². The van der Waals surface area contributed by atoms with Gasteiger partial charge in [0.05, 0.1) is 13.2 Å². The molecule has 0 spiro atoms. The molecule has 0 atom stereocenters. The Morgan fingerprint density at radius 2 is 1.94 bits per heavy atom. The van der Waals surface area contributed by atoms with E-state index in [1.165, 1.54) is 0 Å². The molecule has 1 N–H and O–H groups in total. The molecule has 0 amide bonds. The summed E-state index contributed by atoms with van der Waals surface area (Å²) in [6.07, 6.45) is 0. The summed E-state index contributed by atoms with van der Waals surface area (Å²) in [6.45, 7) is 4.97. The van der Waals surface area contributed by atoms with Crippen molar-refractivity contribution in [2.45, 2.75) is 13.8 Å². The van der Waals surface area contributed by atoms with Crippen molar-refractivity contribution in [3.63, 3.8) is 0 Å². The van der Waals surface area contributed by atoms with Crippen LogP contribution in [0.15, 0.2) is 23.0 Å². The van der Waals surface area contributed by atoms with E-state index in [1.807, 2.05) is 32.0 Å². The molecule has 5 nitrogen and oxygen atoms in total. The smallest absolute Gasteiger partial charge is 0.322 e. The van der Waals surface area contributed by atoms with Gasteiger partial charge in [-0.1, -0.05) is 11.3 Å². The maximum absolute atomic E-state index is 11.1. The monoisotopic (exact) mass is 266 g/mol. The lowest BCUT2D eigenvalue weighted by molar-refractivity contribution is 0.288. The molecule has 0 aliphatic carbocycles. The number of ether oxygens (including phenoxy) is 2. The molecular weight excluding hydrogens is 252 g/mol. The van der Waals surface area contributed by atoms with Crippen LogP contribution >= 0.6 is 11.3 Å². The Kier molecular flexibility index (Phi) is 3.99. The number of H-pyrrole nitrogens is 1. The average molecular weight is 266 g/mol. The van der Waals surface area contributed by atoms with Crippen molar-refractivity contribution in [3.8, 4) is 22.1 Å². The zero-order chi connectivity index (χ0) is 13.0. The summed E-state index contributed by atoms with van der Waals surface area (Å²) in [5.41, 5.74) is 0.838. The summed E-state index contributed by atoms with van der Waals surface area (Å²) in [6, 6.07) is 5.52. The van der Waals surface area contributed by atoms with Crippen LogP contribution in [0.5, 0.6) is 11.5 Å². The number of hydrogen-bond donors (Lipinski definition) is 1. The van der Waals surface area contributed by atoms with E-state index in [0.29, 0.717) is 29.7 Å². The van der Waals surface area contributed by atoms with Crippen molar-refractivity contribution >= 4 is 11.3 Å². The molecule has 2 rings (SSSR count). The molecule has 0 unspecified atom stereocenters. The normalized spacial score (nSPS) is 10.3. The molecule has 0 fully saturated rings. The third-order valence-electron chi connectivity index (χ3n) is 2.23.